The molecule has 1 aromatic rings. The van der Waals surface area contributed by atoms with Crippen LogP contribution in [-0.2, 0) is 4.84 Å². The molecule has 0 aromatic carbocycles. The number of halogens is 2. The van der Waals surface area contributed by atoms with Crippen LogP contribution in [0.3, 0.4) is 0 Å². The summed E-state index contributed by atoms with van der Waals surface area (Å²) < 4.78 is 0.899. The van der Waals surface area contributed by atoms with E-state index < -0.39 is 0 Å². The molecule has 0 aliphatic carbocycles. The molecule has 0 spiro atoms. The first kappa shape index (κ1) is 10.9. The second-order valence-corrected chi connectivity index (χ2v) is 4.04. The van der Waals surface area contributed by atoms with Crippen LogP contribution in [0.15, 0.2) is 16.7 Å². The van der Waals surface area contributed by atoms with Crippen molar-refractivity contribution in [3.8, 4) is 0 Å². The van der Waals surface area contributed by atoms with Gasteiger partial charge < -0.3 is 4.84 Å². The number of aromatic nitrogens is 1. The number of pyridine rings is 1. The summed E-state index contributed by atoms with van der Waals surface area (Å²) in [4.78, 5) is 8.56. The Hall–Kier alpha value is -0.160. The number of hydrogen-bond donors (Lipinski definition) is 1. The van der Waals surface area contributed by atoms with E-state index >= 15 is 0 Å². The van der Waals surface area contributed by atoms with E-state index in [-0.39, 0.29) is 5.92 Å². The van der Waals surface area contributed by atoms with Gasteiger partial charge in [-0.1, -0.05) is 18.5 Å². The molecule has 3 nitrogen and oxygen atoms in total. The van der Waals surface area contributed by atoms with Crippen molar-refractivity contribution < 1.29 is 4.84 Å². The van der Waals surface area contributed by atoms with Crippen LogP contribution in [0.1, 0.15) is 18.4 Å². The molecule has 5 heteroatoms. The fourth-order valence-electron chi connectivity index (χ4n) is 1.02. The van der Waals surface area contributed by atoms with E-state index in [1.807, 2.05) is 13.0 Å². The molecule has 1 unspecified atom stereocenters. The van der Waals surface area contributed by atoms with Gasteiger partial charge in [0.1, 0.15) is 5.15 Å². The van der Waals surface area contributed by atoms with Crippen molar-refractivity contribution >= 4 is 27.5 Å². The summed E-state index contributed by atoms with van der Waals surface area (Å²) in [6, 6.07) is 1.92. The molecule has 1 atom stereocenters. The Bertz CT molecular complexity index is 295. The highest BCUT2D eigenvalue weighted by molar-refractivity contribution is 9.10. The Morgan fingerprint density at radius 2 is 2.46 bits per heavy atom. The summed E-state index contributed by atoms with van der Waals surface area (Å²) in [5.41, 5.74) is 0.932. The molecule has 1 aromatic heterocycles. The van der Waals surface area contributed by atoms with Crippen LogP contribution in [0.25, 0.3) is 0 Å². The zero-order valence-electron chi connectivity index (χ0n) is 7.13. The lowest BCUT2D eigenvalue weighted by Crippen LogP contribution is -2.09. The quantitative estimate of drug-likeness (QED) is 0.675. The van der Waals surface area contributed by atoms with Gasteiger partial charge in [-0.15, -0.1) is 0 Å². The summed E-state index contributed by atoms with van der Waals surface area (Å²) in [6.45, 7) is 2.40. The first-order valence-corrected chi connectivity index (χ1v) is 4.95. The van der Waals surface area contributed by atoms with Gasteiger partial charge in [0.25, 0.3) is 0 Å². The lowest BCUT2D eigenvalue weighted by molar-refractivity contribution is 0.126. The third kappa shape index (κ3) is 2.91. The van der Waals surface area contributed by atoms with E-state index in [0.717, 1.165) is 10.0 Å². The van der Waals surface area contributed by atoms with Gasteiger partial charge in [0, 0.05) is 16.6 Å². The lowest BCUT2D eigenvalue weighted by atomic mass is 10.1. The predicted octanol–water partition coefficient (Wildman–Crippen LogP) is 2.49. The van der Waals surface area contributed by atoms with Crippen LogP contribution in [0.4, 0.5) is 0 Å². The second kappa shape index (κ2) is 4.91. The van der Waals surface area contributed by atoms with Gasteiger partial charge in [-0.25, -0.2) is 10.9 Å². The molecule has 0 saturated carbocycles. The zero-order valence-corrected chi connectivity index (χ0v) is 9.47. The van der Waals surface area contributed by atoms with Gasteiger partial charge >= 0.3 is 0 Å². The predicted molar refractivity (Wildman–Crippen MR) is 55.5 cm³/mol. The molecule has 0 aliphatic heterocycles. The Balaban J connectivity index is 2.91. The topological polar surface area (TPSA) is 48.1 Å². The monoisotopic (exact) mass is 264 g/mol. The number of nitrogens with two attached hydrogens (primary N) is 1. The Kier molecular flexibility index (Phi) is 4.12. The van der Waals surface area contributed by atoms with E-state index in [9.17, 15) is 0 Å². The minimum Gasteiger partial charge on any atom is -0.304 e. The van der Waals surface area contributed by atoms with Crippen molar-refractivity contribution in [2.75, 3.05) is 6.61 Å². The van der Waals surface area contributed by atoms with Gasteiger partial charge in [0.15, 0.2) is 0 Å². The third-order valence-corrected chi connectivity index (χ3v) is 2.46. The molecule has 72 valence electrons. The normalized spacial score (nSPS) is 12.9. The van der Waals surface area contributed by atoms with Gasteiger partial charge in [0.2, 0.25) is 0 Å². The maximum Gasteiger partial charge on any atom is 0.132 e. The fourth-order valence-corrected chi connectivity index (χ4v) is 1.66. The van der Waals surface area contributed by atoms with Gasteiger partial charge in [-0.2, -0.15) is 0 Å². The summed E-state index contributed by atoms with van der Waals surface area (Å²) in [5.74, 6) is 5.12. The van der Waals surface area contributed by atoms with Gasteiger partial charge in [-0.05, 0) is 27.6 Å². The Labute approximate surface area is 90.3 Å². The molecular formula is C8H10BrClN2O. The molecule has 0 bridgehead atoms. The molecule has 2 N–H and O–H groups in total. The van der Waals surface area contributed by atoms with Crippen LogP contribution < -0.4 is 5.90 Å². The van der Waals surface area contributed by atoms with E-state index in [1.54, 1.807) is 6.20 Å². The maximum absolute atomic E-state index is 5.90. The van der Waals surface area contributed by atoms with Crippen LogP contribution in [0, 0.1) is 0 Å². The van der Waals surface area contributed by atoms with Crippen LogP contribution in [0.5, 0.6) is 0 Å². The standard InChI is InChI=1S/C8H10BrClN2O/c1-5(4-13-11)7-2-6(9)3-12-8(7)10/h2-3,5H,4,11H2,1H3. The van der Waals surface area contributed by atoms with Gasteiger partial charge in [-0.3, -0.25) is 0 Å². The summed E-state index contributed by atoms with van der Waals surface area (Å²) in [5, 5.41) is 0.493. The average Bonchev–Trinajstić information content (AvgIpc) is 2.09. The number of hydrogen-bond acceptors (Lipinski definition) is 3. The molecule has 0 aliphatic rings. The van der Waals surface area contributed by atoms with Crippen LogP contribution in [0.2, 0.25) is 5.15 Å². The van der Waals surface area contributed by atoms with Crippen molar-refractivity contribution in [1.29, 1.82) is 0 Å². The molecule has 13 heavy (non-hydrogen) atoms. The van der Waals surface area contributed by atoms with Crippen molar-refractivity contribution in [2.24, 2.45) is 5.90 Å². The molecule has 0 fully saturated rings. The largest absolute Gasteiger partial charge is 0.304 e. The smallest absolute Gasteiger partial charge is 0.132 e. The minimum atomic E-state index is 0.141. The molecule has 1 heterocycles. The van der Waals surface area contributed by atoms with Crippen molar-refractivity contribution in [3.05, 3.63) is 27.5 Å². The van der Waals surface area contributed by atoms with E-state index in [0.29, 0.717) is 11.8 Å². The molecule has 1 rings (SSSR count). The molecule has 0 radical (unpaired) electrons. The minimum absolute atomic E-state index is 0.141. The lowest BCUT2D eigenvalue weighted by Gasteiger charge is -2.11. The highest BCUT2D eigenvalue weighted by Gasteiger charge is 2.10. The molecule has 0 saturated heterocycles. The summed E-state index contributed by atoms with van der Waals surface area (Å²) in [7, 11) is 0. The zero-order chi connectivity index (χ0) is 9.84. The van der Waals surface area contributed by atoms with Crippen molar-refractivity contribution in [1.82, 2.24) is 4.98 Å². The van der Waals surface area contributed by atoms with Crippen LogP contribution in [-0.4, -0.2) is 11.6 Å². The second-order valence-electron chi connectivity index (χ2n) is 2.77. The molecule has 0 amide bonds. The van der Waals surface area contributed by atoms with Crippen LogP contribution >= 0.6 is 27.5 Å². The SMILES string of the molecule is CC(CON)c1cc(Br)cnc1Cl. The Morgan fingerprint density at radius 3 is 3.08 bits per heavy atom. The summed E-state index contributed by atoms with van der Waals surface area (Å²) in [6.07, 6.45) is 1.65. The average molecular weight is 266 g/mol. The maximum atomic E-state index is 5.90. The third-order valence-electron chi connectivity index (χ3n) is 1.71. The van der Waals surface area contributed by atoms with Gasteiger partial charge in [0.05, 0.1) is 6.61 Å². The van der Waals surface area contributed by atoms with E-state index in [1.165, 1.54) is 0 Å². The Morgan fingerprint density at radius 1 is 1.77 bits per heavy atom. The van der Waals surface area contributed by atoms with Crippen molar-refractivity contribution in [2.45, 2.75) is 12.8 Å². The first-order valence-electron chi connectivity index (χ1n) is 3.77. The molecular weight excluding hydrogens is 255 g/mol. The highest BCUT2D eigenvalue weighted by Crippen LogP contribution is 2.25. The van der Waals surface area contributed by atoms with Crippen molar-refractivity contribution in [3.63, 3.8) is 0 Å². The number of nitrogens with zero attached hydrogens (tertiary/aromatic N) is 1. The highest BCUT2D eigenvalue weighted by atomic mass is 79.9. The fraction of sp³-hybridized carbons (Fsp3) is 0.375. The summed E-state index contributed by atoms with van der Waals surface area (Å²) >= 11 is 9.22. The van der Waals surface area contributed by atoms with E-state index in [2.05, 4.69) is 25.8 Å². The first-order chi connectivity index (χ1) is 6.15. The van der Waals surface area contributed by atoms with E-state index in [4.69, 9.17) is 17.5 Å². The number of rotatable bonds is 3.